The van der Waals surface area contributed by atoms with Gasteiger partial charge in [0.15, 0.2) is 44.0 Å². The number of hydrogen-bond donors (Lipinski definition) is 23. The molecule has 36 nitrogen and oxygen atoms in total. The normalized spacial score (nSPS) is 53.5. The van der Waals surface area contributed by atoms with Crippen molar-refractivity contribution in [2.45, 2.75) is 215 Å². The third kappa shape index (κ3) is 13.5. The van der Waals surface area contributed by atoms with E-state index in [1.807, 2.05) is 0 Å². The lowest BCUT2D eigenvalue weighted by molar-refractivity contribution is -0.383. The molecule has 7 fully saturated rings. The summed E-state index contributed by atoms with van der Waals surface area (Å²) < 4.78 is 71.4. The molecule has 0 aromatic heterocycles. The Balaban J connectivity index is 0.942. The zero-order valence-electron chi connectivity index (χ0n) is 40.8. The van der Waals surface area contributed by atoms with Crippen molar-refractivity contribution >= 4 is 0 Å². The standard InChI is InChI=1S/C42H72O36/c43-1-8-15(46)23(54)31(62)41(72-8)77-35-21(52)10(3-45)73-42(33(35)64)78-34-20(51)9(2-44)71-40(32(34)63)69-7-14-19(50)26(57)30(61)39(76-14)68-6-13-18(49)25(56)29(60)38(75-13)67-5-12-17(48)24(55)28(59)37(74-12)66-4-11-16(47)22(53)27(58)36(65)70-11/h8-65H,1-7H2/t8-,9-,10-,11-,12-,13-,14-,15+,16+,17+,18+,19+,20+,21+,22+,23+,24+,25+,26+,27-,28-,29-,30-,31-,32-,33-,34+,35+,36-,37-,38-,39-,40-,41+,42+/m1/s1. The number of hydrogen-bond acceptors (Lipinski definition) is 36. The summed E-state index contributed by atoms with van der Waals surface area (Å²) in [5.41, 5.74) is 0. The van der Waals surface area contributed by atoms with E-state index in [0.717, 1.165) is 0 Å². The lowest BCUT2D eigenvalue weighted by Gasteiger charge is -2.48. The van der Waals surface area contributed by atoms with Gasteiger partial charge >= 0.3 is 0 Å². The summed E-state index contributed by atoms with van der Waals surface area (Å²) in [4.78, 5) is 0. The average molecular weight is 1150 g/mol. The lowest BCUT2D eigenvalue weighted by Crippen LogP contribution is -2.67. The van der Waals surface area contributed by atoms with Crippen LogP contribution in [0.4, 0.5) is 0 Å². The number of ether oxygens (including phenoxy) is 13. The van der Waals surface area contributed by atoms with Crippen LogP contribution in [0.5, 0.6) is 0 Å². The minimum Gasteiger partial charge on any atom is -0.394 e. The Kier molecular flexibility index (Phi) is 22.6. The van der Waals surface area contributed by atoms with Gasteiger partial charge in [-0.15, -0.1) is 0 Å². The van der Waals surface area contributed by atoms with Gasteiger partial charge in [-0.2, -0.15) is 0 Å². The molecule has 0 saturated carbocycles. The van der Waals surface area contributed by atoms with E-state index in [4.69, 9.17) is 61.6 Å². The molecule has 7 heterocycles. The number of aliphatic hydroxyl groups is 23. The maximum absolute atomic E-state index is 11.4. The van der Waals surface area contributed by atoms with Crippen molar-refractivity contribution < 1.29 is 179 Å². The minimum atomic E-state index is -2.14. The van der Waals surface area contributed by atoms with Crippen LogP contribution in [-0.2, 0) is 61.6 Å². The van der Waals surface area contributed by atoms with Gasteiger partial charge in [-0.05, 0) is 0 Å². The molecule has 0 aromatic rings. The first-order valence-corrected chi connectivity index (χ1v) is 24.6. The third-order valence-electron chi connectivity index (χ3n) is 14.5. The highest BCUT2D eigenvalue weighted by molar-refractivity contribution is 4.99. The van der Waals surface area contributed by atoms with Crippen LogP contribution in [0.1, 0.15) is 0 Å². The fourth-order valence-electron chi connectivity index (χ4n) is 9.57. The molecule has 7 rings (SSSR count). The Morgan fingerprint density at radius 1 is 0.218 bits per heavy atom. The smallest absolute Gasteiger partial charge is 0.187 e. The van der Waals surface area contributed by atoms with Gasteiger partial charge in [-0.25, -0.2) is 0 Å². The Hall–Kier alpha value is -1.44. The molecular formula is C42H72O36. The van der Waals surface area contributed by atoms with E-state index in [-0.39, 0.29) is 0 Å². The van der Waals surface area contributed by atoms with Crippen molar-refractivity contribution in [2.24, 2.45) is 0 Å². The maximum atomic E-state index is 11.4. The van der Waals surface area contributed by atoms with Crippen LogP contribution in [0.25, 0.3) is 0 Å². The van der Waals surface area contributed by atoms with Crippen LogP contribution >= 0.6 is 0 Å². The molecule has 0 bridgehead atoms. The quantitative estimate of drug-likeness (QED) is 0.0571. The van der Waals surface area contributed by atoms with E-state index in [1.165, 1.54) is 0 Å². The van der Waals surface area contributed by atoms with Gasteiger partial charge in [-0.3, -0.25) is 0 Å². The molecule has 7 saturated heterocycles. The lowest BCUT2D eigenvalue weighted by atomic mass is 9.96. The molecule has 78 heavy (non-hydrogen) atoms. The average Bonchev–Trinajstić information content (AvgIpc) is 3.51. The van der Waals surface area contributed by atoms with E-state index in [9.17, 15) is 117 Å². The monoisotopic (exact) mass is 1150 g/mol. The predicted molar refractivity (Wildman–Crippen MR) is 232 cm³/mol. The summed E-state index contributed by atoms with van der Waals surface area (Å²) >= 11 is 0. The van der Waals surface area contributed by atoms with Crippen molar-refractivity contribution in [3.8, 4) is 0 Å². The van der Waals surface area contributed by atoms with Crippen LogP contribution < -0.4 is 0 Å². The highest BCUT2D eigenvalue weighted by atomic mass is 16.8. The summed E-state index contributed by atoms with van der Waals surface area (Å²) in [6.07, 6.45) is -66.0. The fraction of sp³-hybridized carbons (Fsp3) is 1.00. The molecule has 0 aromatic carbocycles. The summed E-state index contributed by atoms with van der Waals surface area (Å²) in [6.45, 7) is -6.05. The fourth-order valence-corrected chi connectivity index (χ4v) is 9.57. The first-order valence-electron chi connectivity index (χ1n) is 24.6. The first kappa shape index (κ1) is 64.1. The maximum Gasteiger partial charge on any atom is 0.187 e. The molecule has 36 heteroatoms. The highest BCUT2D eigenvalue weighted by Gasteiger charge is 2.56. The minimum absolute atomic E-state index is 0.713. The van der Waals surface area contributed by atoms with E-state index in [2.05, 4.69) is 0 Å². The summed E-state index contributed by atoms with van der Waals surface area (Å²) in [5, 5.41) is 241. The van der Waals surface area contributed by atoms with Crippen molar-refractivity contribution in [1.82, 2.24) is 0 Å². The second kappa shape index (κ2) is 27.5. The van der Waals surface area contributed by atoms with Crippen LogP contribution in [0.2, 0.25) is 0 Å². The molecular weight excluding hydrogens is 1080 g/mol. The second-order valence-electron chi connectivity index (χ2n) is 19.7. The van der Waals surface area contributed by atoms with Crippen molar-refractivity contribution in [3.63, 3.8) is 0 Å². The van der Waals surface area contributed by atoms with Crippen molar-refractivity contribution in [3.05, 3.63) is 0 Å². The van der Waals surface area contributed by atoms with Gasteiger partial charge < -0.3 is 179 Å². The largest absolute Gasteiger partial charge is 0.394 e. The molecule has 0 spiro atoms. The predicted octanol–water partition coefficient (Wildman–Crippen LogP) is -16.3. The number of rotatable bonds is 19. The topological polar surface area (TPSA) is 585 Å². The molecule has 456 valence electrons. The summed E-state index contributed by atoms with van der Waals surface area (Å²) in [6, 6.07) is 0. The molecule has 7 aliphatic heterocycles. The second-order valence-corrected chi connectivity index (χ2v) is 19.7. The van der Waals surface area contributed by atoms with E-state index >= 15 is 0 Å². The van der Waals surface area contributed by atoms with E-state index < -0.39 is 261 Å². The Morgan fingerprint density at radius 3 is 0.795 bits per heavy atom. The molecule has 0 aliphatic carbocycles. The first-order chi connectivity index (χ1) is 36.8. The van der Waals surface area contributed by atoms with Gasteiger partial charge in [0.1, 0.15) is 171 Å². The van der Waals surface area contributed by atoms with Gasteiger partial charge in [0, 0.05) is 0 Å². The van der Waals surface area contributed by atoms with Gasteiger partial charge in [-0.1, -0.05) is 0 Å². The van der Waals surface area contributed by atoms with Crippen molar-refractivity contribution in [1.29, 1.82) is 0 Å². The van der Waals surface area contributed by atoms with Crippen LogP contribution in [-0.4, -0.2) is 379 Å². The Morgan fingerprint density at radius 2 is 0.449 bits per heavy atom. The van der Waals surface area contributed by atoms with Gasteiger partial charge in [0.2, 0.25) is 0 Å². The van der Waals surface area contributed by atoms with Gasteiger partial charge in [0.05, 0.1) is 46.2 Å². The Bertz CT molecular complexity index is 1820. The van der Waals surface area contributed by atoms with Crippen molar-refractivity contribution in [2.75, 3.05) is 46.2 Å². The molecule has 23 N–H and O–H groups in total. The highest BCUT2D eigenvalue weighted by Crippen LogP contribution is 2.35. The molecule has 7 aliphatic rings. The summed E-state index contributed by atoms with van der Waals surface area (Å²) in [7, 11) is 0. The van der Waals surface area contributed by atoms with E-state index in [1.54, 1.807) is 0 Å². The van der Waals surface area contributed by atoms with Crippen LogP contribution in [0, 0.1) is 0 Å². The Labute approximate surface area is 439 Å². The summed E-state index contributed by atoms with van der Waals surface area (Å²) in [5.74, 6) is 0. The zero-order chi connectivity index (χ0) is 57.3. The molecule has 35 atom stereocenters. The van der Waals surface area contributed by atoms with Gasteiger partial charge in [0.25, 0.3) is 0 Å². The zero-order valence-corrected chi connectivity index (χ0v) is 40.8. The number of aliphatic hydroxyl groups excluding tert-OH is 23. The molecule has 0 amide bonds. The SMILES string of the molecule is OC[C@H]1O[C@@H](O[C@H]2[C@@H](O)[C@@H](CO)O[C@@H](O[C@H]3[C@@H](O)[C@@H](CO)O[C@@H](OC[C@H]4O[C@@H](OC[C@H]5O[C@@H](OC[C@H]6O[C@@H](OC[C@H]7O[C@@H](O)[C@H](O)[C@@H](O)[C@H]7O)[C@H](O)[C@@H](O)[C@H]6O)[C@H](O)[C@@H](O)[C@H]5O)[C@H](O)[C@@H](O)[C@H]4O)[C@@H]3O)[C@@H]2O)[C@H](O)[C@@H](O)[C@H]1O. The molecule has 0 unspecified atom stereocenters. The van der Waals surface area contributed by atoms with Crippen LogP contribution in [0.15, 0.2) is 0 Å². The van der Waals surface area contributed by atoms with Crippen LogP contribution in [0.3, 0.4) is 0 Å². The molecule has 0 radical (unpaired) electrons. The third-order valence-corrected chi connectivity index (χ3v) is 14.5. The van der Waals surface area contributed by atoms with E-state index in [0.29, 0.717) is 0 Å².